The zero-order valence-corrected chi connectivity index (χ0v) is 15.4. The van der Waals surface area contributed by atoms with Crippen molar-refractivity contribution in [2.75, 3.05) is 13.6 Å². The molecule has 0 saturated carbocycles. The number of nitrogens with zero attached hydrogens (tertiary/aromatic N) is 1. The largest absolute Gasteiger partial charge is 0.508 e. The second-order valence-electron chi connectivity index (χ2n) is 6.23. The molecule has 2 amide bonds. The molecule has 3 N–H and O–H groups in total. The number of amides is 2. The number of carboxylic acids is 1. The van der Waals surface area contributed by atoms with Crippen LogP contribution in [0.4, 0.5) is 4.79 Å². The lowest BCUT2D eigenvalue weighted by molar-refractivity contribution is -0.141. The van der Waals surface area contributed by atoms with E-state index < -0.39 is 24.0 Å². The maximum Gasteiger partial charge on any atom is 0.410 e. The van der Waals surface area contributed by atoms with Crippen molar-refractivity contribution in [1.82, 2.24) is 10.2 Å². The lowest BCUT2D eigenvalue weighted by Crippen LogP contribution is -2.47. The molecule has 0 aliphatic rings. The van der Waals surface area contributed by atoms with Gasteiger partial charge in [0, 0.05) is 13.5 Å². The highest BCUT2D eigenvalue weighted by molar-refractivity contribution is 5.86. The summed E-state index contributed by atoms with van der Waals surface area (Å²) < 4.78 is 5.12. The van der Waals surface area contributed by atoms with Gasteiger partial charge >= 0.3 is 12.1 Å². The van der Waals surface area contributed by atoms with E-state index in [9.17, 15) is 24.6 Å². The van der Waals surface area contributed by atoms with Crippen molar-refractivity contribution in [3.63, 3.8) is 0 Å². The Hall–Kier alpha value is -3.55. The van der Waals surface area contributed by atoms with Gasteiger partial charge in [-0.25, -0.2) is 9.59 Å². The van der Waals surface area contributed by atoms with E-state index in [-0.39, 0.29) is 25.3 Å². The first-order valence-corrected chi connectivity index (χ1v) is 8.57. The van der Waals surface area contributed by atoms with E-state index in [4.69, 9.17) is 4.74 Å². The number of benzene rings is 2. The van der Waals surface area contributed by atoms with Gasteiger partial charge in [-0.15, -0.1) is 0 Å². The molecule has 0 spiro atoms. The van der Waals surface area contributed by atoms with E-state index in [0.29, 0.717) is 5.56 Å². The van der Waals surface area contributed by atoms with Crippen LogP contribution in [0.3, 0.4) is 0 Å². The second kappa shape index (κ2) is 9.96. The Morgan fingerprint density at radius 3 is 2.29 bits per heavy atom. The van der Waals surface area contributed by atoms with Crippen molar-refractivity contribution < 1.29 is 29.3 Å². The Morgan fingerprint density at radius 2 is 1.68 bits per heavy atom. The molecule has 0 aromatic heterocycles. The third-order valence-corrected chi connectivity index (χ3v) is 3.91. The van der Waals surface area contributed by atoms with E-state index in [1.807, 2.05) is 18.2 Å². The zero-order valence-electron chi connectivity index (χ0n) is 15.4. The minimum absolute atomic E-state index is 0.0452. The summed E-state index contributed by atoms with van der Waals surface area (Å²) in [6.45, 7) is -0.267. The molecule has 8 heteroatoms. The van der Waals surface area contributed by atoms with Gasteiger partial charge in [-0.1, -0.05) is 42.5 Å². The molecule has 0 aliphatic carbocycles. The molecule has 0 heterocycles. The first kappa shape index (κ1) is 20.8. The molecular formula is C20H22N2O6. The number of likely N-dealkylation sites (N-methyl/N-ethyl adjacent to an activating group) is 1. The number of hydrogen-bond donors (Lipinski definition) is 3. The summed E-state index contributed by atoms with van der Waals surface area (Å²) in [5.74, 6) is -1.75. The molecule has 2 aromatic rings. The molecular weight excluding hydrogens is 364 g/mol. The van der Waals surface area contributed by atoms with Crippen molar-refractivity contribution >= 4 is 18.0 Å². The Morgan fingerprint density at radius 1 is 1.04 bits per heavy atom. The quantitative estimate of drug-likeness (QED) is 0.637. The molecule has 148 valence electrons. The molecule has 1 atom stereocenters. The molecule has 28 heavy (non-hydrogen) atoms. The fourth-order valence-corrected chi connectivity index (χ4v) is 2.42. The third kappa shape index (κ3) is 6.64. The summed E-state index contributed by atoms with van der Waals surface area (Å²) in [5, 5.41) is 21.0. The van der Waals surface area contributed by atoms with Crippen LogP contribution in [0.5, 0.6) is 5.75 Å². The summed E-state index contributed by atoms with van der Waals surface area (Å²) in [5.41, 5.74) is 1.45. The smallest absolute Gasteiger partial charge is 0.410 e. The topological polar surface area (TPSA) is 116 Å². The molecule has 0 radical (unpaired) electrons. The minimum atomic E-state index is -1.20. The van der Waals surface area contributed by atoms with Crippen LogP contribution in [0, 0.1) is 0 Å². The number of hydrogen-bond acceptors (Lipinski definition) is 5. The lowest BCUT2D eigenvalue weighted by Gasteiger charge is -2.19. The van der Waals surface area contributed by atoms with Crippen LogP contribution in [0.1, 0.15) is 11.1 Å². The number of carbonyl (C=O) groups excluding carboxylic acids is 2. The predicted molar refractivity (Wildman–Crippen MR) is 101 cm³/mol. The third-order valence-electron chi connectivity index (χ3n) is 3.91. The Bertz CT molecular complexity index is 807. The van der Waals surface area contributed by atoms with Crippen molar-refractivity contribution in [1.29, 1.82) is 0 Å². The molecule has 0 bridgehead atoms. The number of nitrogens with one attached hydrogen (secondary N) is 1. The van der Waals surface area contributed by atoms with Crippen molar-refractivity contribution in [2.24, 2.45) is 0 Å². The summed E-state index contributed by atoms with van der Waals surface area (Å²) in [6.07, 6.45) is -0.645. The van der Waals surface area contributed by atoms with E-state index >= 15 is 0 Å². The van der Waals surface area contributed by atoms with Gasteiger partial charge in [0.1, 0.15) is 24.9 Å². The van der Waals surface area contributed by atoms with Crippen molar-refractivity contribution in [3.8, 4) is 5.75 Å². The van der Waals surface area contributed by atoms with E-state index in [2.05, 4.69) is 5.32 Å². The lowest BCUT2D eigenvalue weighted by atomic mass is 10.1. The molecule has 2 aromatic carbocycles. The Kier molecular flexibility index (Phi) is 7.38. The number of phenolic OH excluding ortho intramolecular Hbond substituents is 1. The number of phenols is 1. The van der Waals surface area contributed by atoms with Crippen molar-refractivity contribution in [2.45, 2.75) is 19.1 Å². The van der Waals surface area contributed by atoms with Gasteiger partial charge < -0.3 is 25.2 Å². The summed E-state index contributed by atoms with van der Waals surface area (Å²) in [7, 11) is 1.39. The van der Waals surface area contributed by atoms with Gasteiger partial charge in [0.25, 0.3) is 0 Å². The van der Waals surface area contributed by atoms with Crippen LogP contribution in [0.15, 0.2) is 54.6 Å². The van der Waals surface area contributed by atoms with Crippen LogP contribution in [0.25, 0.3) is 0 Å². The second-order valence-corrected chi connectivity index (χ2v) is 6.23. The van der Waals surface area contributed by atoms with Gasteiger partial charge in [-0.2, -0.15) is 0 Å². The number of ether oxygens (including phenoxy) is 1. The first-order chi connectivity index (χ1) is 13.3. The van der Waals surface area contributed by atoms with E-state index in [0.717, 1.165) is 10.5 Å². The van der Waals surface area contributed by atoms with Gasteiger partial charge in [0.15, 0.2) is 0 Å². The van der Waals surface area contributed by atoms with Crippen LogP contribution in [-0.4, -0.2) is 52.7 Å². The molecule has 8 nitrogen and oxygen atoms in total. The van der Waals surface area contributed by atoms with E-state index in [1.165, 1.54) is 19.2 Å². The summed E-state index contributed by atoms with van der Waals surface area (Å²) >= 11 is 0. The maximum absolute atomic E-state index is 12.1. The normalized spacial score (nSPS) is 11.3. The average molecular weight is 386 g/mol. The summed E-state index contributed by atoms with van der Waals surface area (Å²) in [4.78, 5) is 36.6. The van der Waals surface area contributed by atoms with Crippen LogP contribution >= 0.6 is 0 Å². The highest BCUT2D eigenvalue weighted by Crippen LogP contribution is 2.11. The van der Waals surface area contributed by atoms with Crippen LogP contribution < -0.4 is 5.32 Å². The van der Waals surface area contributed by atoms with Crippen LogP contribution in [0.2, 0.25) is 0 Å². The Labute approximate surface area is 162 Å². The summed E-state index contributed by atoms with van der Waals surface area (Å²) in [6, 6.07) is 14.0. The standard InChI is InChI=1S/C20H22N2O6/c1-22(20(27)28-13-15-5-3-2-4-6-15)12-18(24)21-17(19(25)26)11-14-7-9-16(23)10-8-14/h2-10,17,23H,11-13H2,1H3,(H,21,24)(H,25,26)/t17-/m0/s1. The zero-order chi connectivity index (χ0) is 20.5. The van der Waals surface area contributed by atoms with Gasteiger partial charge in [0.05, 0.1) is 0 Å². The van der Waals surface area contributed by atoms with Gasteiger partial charge in [0.2, 0.25) is 5.91 Å². The monoisotopic (exact) mass is 386 g/mol. The fraction of sp³-hybridized carbons (Fsp3) is 0.250. The fourth-order valence-electron chi connectivity index (χ4n) is 2.42. The predicted octanol–water partition coefficient (Wildman–Crippen LogP) is 1.77. The van der Waals surface area contributed by atoms with Crippen LogP contribution in [-0.2, 0) is 27.4 Å². The average Bonchev–Trinajstić information content (AvgIpc) is 2.67. The number of rotatable bonds is 8. The van der Waals surface area contributed by atoms with Gasteiger partial charge in [-0.3, -0.25) is 4.79 Å². The SMILES string of the molecule is CN(CC(=O)N[C@@H](Cc1ccc(O)cc1)C(=O)O)C(=O)OCc1ccccc1. The molecule has 0 unspecified atom stereocenters. The number of aliphatic carboxylic acids is 1. The van der Waals surface area contributed by atoms with E-state index in [1.54, 1.807) is 24.3 Å². The first-order valence-electron chi connectivity index (χ1n) is 8.57. The molecule has 2 rings (SSSR count). The highest BCUT2D eigenvalue weighted by atomic mass is 16.6. The number of carboxylic acid groups (broad SMARTS) is 1. The van der Waals surface area contributed by atoms with Crippen molar-refractivity contribution in [3.05, 3.63) is 65.7 Å². The Balaban J connectivity index is 1.84. The minimum Gasteiger partial charge on any atom is -0.508 e. The number of carbonyl (C=O) groups is 3. The maximum atomic E-state index is 12.1. The highest BCUT2D eigenvalue weighted by Gasteiger charge is 2.22. The molecule has 0 aliphatic heterocycles. The number of aromatic hydroxyl groups is 1. The molecule has 0 fully saturated rings. The molecule has 0 saturated heterocycles. The van der Waals surface area contributed by atoms with Gasteiger partial charge in [-0.05, 0) is 23.3 Å².